The highest BCUT2D eigenvalue weighted by Crippen LogP contribution is 2.28. The zero-order chi connectivity index (χ0) is 25.3. The Bertz CT molecular complexity index is 941. The van der Waals surface area contributed by atoms with Crippen molar-refractivity contribution in [2.24, 2.45) is 5.10 Å². The van der Waals surface area contributed by atoms with Gasteiger partial charge in [-0.25, -0.2) is 10.2 Å². The average Bonchev–Trinajstić information content (AvgIpc) is 2.88. The van der Waals surface area contributed by atoms with E-state index in [4.69, 9.17) is 14.2 Å². The van der Waals surface area contributed by atoms with Crippen LogP contribution in [-0.2, 0) is 4.79 Å². The molecule has 2 rings (SSSR count). The van der Waals surface area contributed by atoms with Crippen LogP contribution in [0, 0.1) is 0 Å². The lowest BCUT2D eigenvalue weighted by molar-refractivity contribution is -0.121. The number of unbranched alkanes of at least 4 members (excludes halogenated alkanes) is 8. The molecular formula is C28H38N2O5. The molecule has 0 spiro atoms. The predicted octanol–water partition coefficient (Wildman–Crippen LogP) is 6.29. The number of nitrogens with one attached hydrogen (secondary N) is 1. The van der Waals surface area contributed by atoms with E-state index in [1.54, 1.807) is 48.7 Å². The fourth-order valence-corrected chi connectivity index (χ4v) is 3.58. The summed E-state index contributed by atoms with van der Waals surface area (Å²) in [5.41, 5.74) is 3.69. The third kappa shape index (κ3) is 10.6. The number of rotatable bonds is 16. The summed E-state index contributed by atoms with van der Waals surface area (Å²) >= 11 is 0. The Labute approximate surface area is 208 Å². The molecule has 0 saturated heterocycles. The van der Waals surface area contributed by atoms with Gasteiger partial charge in [0.15, 0.2) is 11.5 Å². The van der Waals surface area contributed by atoms with Crippen LogP contribution in [0.2, 0.25) is 0 Å². The Morgan fingerprint density at radius 1 is 0.829 bits per heavy atom. The summed E-state index contributed by atoms with van der Waals surface area (Å²) in [5.74, 6) is 0.804. The molecule has 7 heteroatoms. The lowest BCUT2D eigenvalue weighted by Crippen LogP contribution is -2.16. The lowest BCUT2D eigenvalue weighted by atomic mass is 10.1. The number of hydrazone groups is 1. The van der Waals surface area contributed by atoms with Crippen molar-refractivity contribution in [3.8, 4) is 17.2 Å². The van der Waals surface area contributed by atoms with Gasteiger partial charge in [-0.15, -0.1) is 0 Å². The normalized spacial score (nSPS) is 10.8. The highest BCUT2D eigenvalue weighted by atomic mass is 16.5. The third-order valence-corrected chi connectivity index (χ3v) is 5.62. The predicted molar refractivity (Wildman–Crippen MR) is 139 cm³/mol. The van der Waals surface area contributed by atoms with E-state index >= 15 is 0 Å². The molecule has 0 saturated carbocycles. The molecule has 0 aliphatic carbocycles. The molecule has 0 aliphatic rings. The monoisotopic (exact) mass is 482 g/mol. The third-order valence-electron chi connectivity index (χ3n) is 5.62. The molecule has 0 fully saturated rings. The van der Waals surface area contributed by atoms with E-state index in [0.29, 0.717) is 29.2 Å². The zero-order valence-electron chi connectivity index (χ0n) is 21.2. The first-order valence-corrected chi connectivity index (χ1v) is 12.4. The number of benzene rings is 2. The molecule has 7 nitrogen and oxygen atoms in total. The summed E-state index contributed by atoms with van der Waals surface area (Å²) in [4.78, 5) is 24.4. The molecule has 0 radical (unpaired) electrons. The molecule has 1 N–H and O–H groups in total. The maximum absolute atomic E-state index is 12.4. The Morgan fingerprint density at radius 2 is 1.46 bits per heavy atom. The van der Waals surface area contributed by atoms with Crippen molar-refractivity contribution in [1.29, 1.82) is 0 Å². The van der Waals surface area contributed by atoms with Crippen LogP contribution in [0.25, 0.3) is 0 Å². The highest BCUT2D eigenvalue weighted by molar-refractivity contribution is 5.92. The molecular weight excluding hydrogens is 444 g/mol. The van der Waals surface area contributed by atoms with Crippen LogP contribution in [0.1, 0.15) is 87.1 Å². The number of hydrogen-bond donors (Lipinski definition) is 1. The van der Waals surface area contributed by atoms with E-state index < -0.39 is 5.97 Å². The lowest BCUT2D eigenvalue weighted by Gasteiger charge is -2.09. The van der Waals surface area contributed by atoms with Crippen molar-refractivity contribution in [2.45, 2.75) is 71.1 Å². The minimum atomic E-state index is -0.504. The second-order valence-electron chi connectivity index (χ2n) is 8.40. The van der Waals surface area contributed by atoms with Gasteiger partial charge in [0.1, 0.15) is 5.75 Å². The Hall–Kier alpha value is -3.35. The standard InChI is InChI=1S/C28H38N2O5/c1-4-5-6-7-8-9-10-11-12-13-27(31)30-29-21-22-14-17-24(18-15-22)35-28(32)23-16-19-25(33-2)26(20-23)34-3/h14-21H,4-13H2,1-3H3,(H,30,31)/b29-21-. The van der Waals surface area contributed by atoms with E-state index in [1.165, 1.54) is 59.2 Å². The largest absolute Gasteiger partial charge is 0.493 e. The number of ether oxygens (including phenoxy) is 3. The smallest absolute Gasteiger partial charge is 0.343 e. The number of carbonyl (C=O) groups is 2. The Morgan fingerprint density at radius 3 is 2.09 bits per heavy atom. The average molecular weight is 483 g/mol. The first kappa shape index (κ1) is 27.9. The summed E-state index contributed by atoms with van der Waals surface area (Å²) in [6.45, 7) is 2.23. The first-order chi connectivity index (χ1) is 17.1. The van der Waals surface area contributed by atoms with Crippen LogP contribution >= 0.6 is 0 Å². The van der Waals surface area contributed by atoms with Gasteiger partial charge in [0.25, 0.3) is 0 Å². The van der Waals surface area contributed by atoms with Crippen molar-refractivity contribution in [3.63, 3.8) is 0 Å². The van der Waals surface area contributed by atoms with Crippen molar-refractivity contribution in [1.82, 2.24) is 5.43 Å². The molecule has 0 aliphatic heterocycles. The molecule has 35 heavy (non-hydrogen) atoms. The number of amides is 1. The minimum absolute atomic E-state index is 0.0790. The second kappa shape index (κ2) is 16.3. The summed E-state index contributed by atoms with van der Waals surface area (Å²) in [5, 5.41) is 4.01. The van der Waals surface area contributed by atoms with Crippen molar-refractivity contribution < 1.29 is 23.8 Å². The molecule has 2 aromatic carbocycles. The topological polar surface area (TPSA) is 86.2 Å². The number of carbonyl (C=O) groups excluding carboxylic acids is 2. The van der Waals surface area contributed by atoms with Gasteiger partial charge in [-0.05, 0) is 54.4 Å². The molecule has 0 aromatic heterocycles. The number of nitrogens with zero attached hydrogens (tertiary/aromatic N) is 1. The van der Waals surface area contributed by atoms with Crippen LogP contribution < -0.4 is 19.6 Å². The van der Waals surface area contributed by atoms with E-state index in [0.717, 1.165) is 18.4 Å². The number of esters is 1. The minimum Gasteiger partial charge on any atom is -0.493 e. The molecule has 0 bridgehead atoms. The maximum atomic E-state index is 12.4. The quantitative estimate of drug-likeness (QED) is 0.0998. The first-order valence-electron chi connectivity index (χ1n) is 12.4. The van der Waals surface area contributed by atoms with Crippen molar-refractivity contribution in [3.05, 3.63) is 53.6 Å². The van der Waals surface area contributed by atoms with E-state index in [2.05, 4.69) is 17.5 Å². The molecule has 2 aromatic rings. The Balaban J connectivity index is 1.68. The summed E-state index contributed by atoms with van der Waals surface area (Å²) in [6, 6.07) is 11.7. The second-order valence-corrected chi connectivity index (χ2v) is 8.40. The highest BCUT2D eigenvalue weighted by Gasteiger charge is 2.13. The Kier molecular flexibility index (Phi) is 13.0. The van der Waals surface area contributed by atoms with Gasteiger partial charge < -0.3 is 14.2 Å². The van der Waals surface area contributed by atoms with Crippen LogP contribution in [-0.4, -0.2) is 32.3 Å². The van der Waals surface area contributed by atoms with Crippen molar-refractivity contribution >= 4 is 18.1 Å². The van der Waals surface area contributed by atoms with E-state index in [-0.39, 0.29) is 5.91 Å². The molecule has 190 valence electrons. The number of hydrogen-bond acceptors (Lipinski definition) is 6. The van der Waals surface area contributed by atoms with Gasteiger partial charge in [0.05, 0.1) is 26.0 Å². The van der Waals surface area contributed by atoms with Crippen LogP contribution in [0.4, 0.5) is 0 Å². The number of methoxy groups -OCH3 is 2. The zero-order valence-corrected chi connectivity index (χ0v) is 21.2. The van der Waals surface area contributed by atoms with Gasteiger partial charge in [0.2, 0.25) is 5.91 Å². The van der Waals surface area contributed by atoms with Gasteiger partial charge in [0, 0.05) is 6.42 Å². The van der Waals surface area contributed by atoms with Gasteiger partial charge in [-0.1, -0.05) is 58.3 Å². The molecule has 0 heterocycles. The molecule has 1 amide bonds. The van der Waals surface area contributed by atoms with E-state index in [9.17, 15) is 9.59 Å². The molecule has 0 atom stereocenters. The van der Waals surface area contributed by atoms with Gasteiger partial charge >= 0.3 is 5.97 Å². The SMILES string of the molecule is CCCCCCCCCCCC(=O)N/N=C\c1ccc(OC(=O)c2ccc(OC)c(OC)c2)cc1. The van der Waals surface area contributed by atoms with Gasteiger partial charge in [-0.3, -0.25) is 4.79 Å². The van der Waals surface area contributed by atoms with Crippen molar-refractivity contribution in [2.75, 3.05) is 14.2 Å². The fourth-order valence-electron chi connectivity index (χ4n) is 3.58. The van der Waals surface area contributed by atoms with Gasteiger partial charge in [-0.2, -0.15) is 5.10 Å². The maximum Gasteiger partial charge on any atom is 0.343 e. The van der Waals surface area contributed by atoms with Crippen LogP contribution in [0.15, 0.2) is 47.6 Å². The van der Waals surface area contributed by atoms with Crippen LogP contribution in [0.3, 0.4) is 0 Å². The molecule has 0 unspecified atom stereocenters. The summed E-state index contributed by atoms with van der Waals surface area (Å²) in [6.07, 6.45) is 13.0. The summed E-state index contributed by atoms with van der Waals surface area (Å²) in [7, 11) is 3.04. The fraction of sp³-hybridized carbons (Fsp3) is 0.464. The summed E-state index contributed by atoms with van der Waals surface area (Å²) < 4.78 is 15.8. The van der Waals surface area contributed by atoms with E-state index in [1.807, 2.05) is 0 Å². The van der Waals surface area contributed by atoms with Crippen LogP contribution in [0.5, 0.6) is 17.2 Å².